The van der Waals surface area contributed by atoms with Gasteiger partial charge in [-0.05, 0) is 74.0 Å². The van der Waals surface area contributed by atoms with Gasteiger partial charge in [0.2, 0.25) is 18.2 Å². The molecular formula is C54H75N13O5S. The number of rotatable bonds is 19. The number of imidazole rings is 1. The van der Waals surface area contributed by atoms with Gasteiger partial charge in [-0.25, -0.2) is 19.9 Å². The van der Waals surface area contributed by atoms with E-state index < -0.39 is 0 Å². The van der Waals surface area contributed by atoms with Crippen molar-refractivity contribution in [3.8, 4) is 21.8 Å². The average molecular weight is 1020 g/mol. The molecule has 0 spiro atoms. The molecule has 0 bridgehead atoms. The highest BCUT2D eigenvalue weighted by Gasteiger charge is 2.27. The number of hydrogen-bond acceptors (Lipinski definition) is 15. The van der Waals surface area contributed by atoms with Gasteiger partial charge in [0.05, 0.1) is 34.6 Å². The molecule has 8 rings (SSSR count). The number of aromatic nitrogens is 6. The molecule has 2 aliphatic rings. The zero-order valence-corrected chi connectivity index (χ0v) is 44.0. The van der Waals surface area contributed by atoms with Gasteiger partial charge in [-0.3, -0.25) is 19.4 Å². The molecule has 1 atom stereocenters. The monoisotopic (exact) mass is 1020 g/mol. The number of thiazole rings is 1. The first kappa shape index (κ1) is 57.1. The van der Waals surface area contributed by atoms with E-state index in [1.165, 1.54) is 41.6 Å². The van der Waals surface area contributed by atoms with E-state index in [2.05, 4.69) is 105 Å². The van der Waals surface area contributed by atoms with Crippen LogP contribution < -0.4 is 27.0 Å². The highest BCUT2D eigenvalue weighted by molar-refractivity contribution is 7.13. The van der Waals surface area contributed by atoms with Crippen molar-refractivity contribution < 1.29 is 24.3 Å². The number of benzene rings is 2. The summed E-state index contributed by atoms with van der Waals surface area (Å²) in [5.74, 6) is 0.975. The number of β-amino-alcohol motifs (C(OH)–C–C–N with tert-alkyl or cyclic N) is 1. The number of aliphatic hydroxyl groups is 1. The number of nitrogens with two attached hydrogens (primary N) is 2. The van der Waals surface area contributed by atoms with Crippen molar-refractivity contribution in [1.29, 1.82) is 0 Å². The third-order valence-corrected chi connectivity index (χ3v) is 13.1. The minimum absolute atomic E-state index is 0.0463. The van der Waals surface area contributed by atoms with Crippen LogP contribution in [0.1, 0.15) is 103 Å². The molecule has 2 saturated heterocycles. The predicted octanol–water partition coefficient (Wildman–Crippen LogP) is 7.83. The Morgan fingerprint density at radius 1 is 0.877 bits per heavy atom. The van der Waals surface area contributed by atoms with Crippen LogP contribution in [0.15, 0.2) is 85.0 Å². The Morgan fingerprint density at radius 3 is 2.18 bits per heavy atom. The summed E-state index contributed by atoms with van der Waals surface area (Å²) < 4.78 is 1.91. The number of piperazine rings is 1. The lowest BCUT2D eigenvalue weighted by atomic mass is 9.92. The van der Waals surface area contributed by atoms with Gasteiger partial charge >= 0.3 is 0 Å². The zero-order valence-electron chi connectivity index (χ0n) is 43.2. The Bertz CT molecular complexity index is 2610. The molecule has 19 heteroatoms. The second kappa shape index (κ2) is 29.6. The van der Waals surface area contributed by atoms with Crippen molar-refractivity contribution in [3.05, 3.63) is 96.3 Å². The topological polar surface area (TPSA) is 243 Å². The van der Waals surface area contributed by atoms with Gasteiger partial charge in [-0.15, -0.1) is 11.3 Å². The Hall–Kier alpha value is -6.83. The smallest absolute Gasteiger partial charge is 0.223 e. The molecule has 0 saturated carbocycles. The number of carbonyl (C=O) groups excluding carboxylic acids is 4. The van der Waals surface area contributed by atoms with E-state index in [0.717, 1.165) is 93.7 Å². The van der Waals surface area contributed by atoms with Crippen molar-refractivity contribution in [1.82, 2.24) is 44.4 Å². The summed E-state index contributed by atoms with van der Waals surface area (Å²) in [6, 6.07) is 16.6. The highest BCUT2D eigenvalue weighted by atomic mass is 32.1. The van der Waals surface area contributed by atoms with Crippen LogP contribution >= 0.6 is 11.3 Å². The first-order valence-corrected chi connectivity index (χ1v) is 26.1. The minimum atomic E-state index is -0.302. The van der Waals surface area contributed by atoms with E-state index in [-0.39, 0.29) is 23.3 Å². The van der Waals surface area contributed by atoms with E-state index >= 15 is 0 Å². The van der Waals surface area contributed by atoms with E-state index in [0.29, 0.717) is 61.8 Å². The number of likely N-dealkylation sites (N-methyl/N-ethyl adjacent to an activating group) is 1. The molecule has 1 unspecified atom stereocenters. The Balaban J connectivity index is 0.000000196. The van der Waals surface area contributed by atoms with E-state index in [4.69, 9.17) is 16.5 Å². The van der Waals surface area contributed by atoms with E-state index in [1.807, 2.05) is 41.4 Å². The Labute approximate surface area is 434 Å². The number of aryl methyl sites for hydroxylation is 1. The third kappa shape index (κ3) is 20.0. The van der Waals surface area contributed by atoms with Crippen LogP contribution in [0.5, 0.6) is 0 Å². The van der Waals surface area contributed by atoms with Crippen LogP contribution in [0.25, 0.3) is 27.5 Å². The molecule has 2 aromatic carbocycles. The maximum atomic E-state index is 11.6. The Kier molecular flexibility index (Phi) is 23.2. The molecule has 2 aliphatic heterocycles. The number of nitrogens with zero attached hydrogens (tertiary/aromatic N) is 9. The third-order valence-electron chi connectivity index (χ3n) is 12.1. The fourth-order valence-electron chi connectivity index (χ4n) is 8.06. The molecule has 2 fully saturated rings. The fraction of sp³-hybridized carbons (Fsp3) is 0.463. The number of aliphatic hydroxyl groups excluding tert-OH is 1. The molecule has 3 amide bonds. The maximum Gasteiger partial charge on any atom is 0.223 e. The zero-order chi connectivity index (χ0) is 52.6. The number of nitrogen functional groups attached to an aromatic ring is 1. The number of likely N-dealkylation sites (tertiary alicyclic amines) is 1. The van der Waals surface area contributed by atoms with Crippen LogP contribution in [-0.4, -0.2) is 121 Å². The summed E-state index contributed by atoms with van der Waals surface area (Å²) in [7, 11) is 2.16. The minimum Gasteiger partial charge on any atom is -0.391 e. The summed E-state index contributed by atoms with van der Waals surface area (Å²) in [6.45, 7) is 14.2. The van der Waals surface area contributed by atoms with Gasteiger partial charge in [0.1, 0.15) is 23.5 Å². The SMILES string of the molecule is CC(C)(C)CC(=O)N1CCC(O)C1.CN1CCN(c2ccc(Nc3nc(-c4cncc(N)n4)cn4ccnc34)cc2)CC1.Cc1ncsc1-c1ccc(CNC=O)cc1.NC(=O)CCCCCCCCCC=O. The van der Waals surface area contributed by atoms with Gasteiger partial charge in [0, 0.05) is 95.0 Å². The summed E-state index contributed by atoms with van der Waals surface area (Å²) in [5, 5.41) is 15.3. The van der Waals surface area contributed by atoms with Crippen LogP contribution in [0.2, 0.25) is 0 Å². The lowest BCUT2D eigenvalue weighted by Gasteiger charge is -2.34. The lowest BCUT2D eigenvalue weighted by molar-refractivity contribution is -0.132. The van der Waals surface area contributed by atoms with Crippen molar-refractivity contribution in [2.75, 3.05) is 62.3 Å². The molecule has 6 aromatic rings. The number of anilines is 4. The number of aldehydes is 1. The van der Waals surface area contributed by atoms with Crippen LogP contribution in [0, 0.1) is 12.3 Å². The van der Waals surface area contributed by atoms with Gasteiger partial charge in [0.15, 0.2) is 11.5 Å². The van der Waals surface area contributed by atoms with Gasteiger partial charge < -0.3 is 51.1 Å². The van der Waals surface area contributed by atoms with Gasteiger partial charge in [-0.2, -0.15) is 0 Å². The molecule has 0 aliphatic carbocycles. The van der Waals surface area contributed by atoms with Crippen molar-refractivity contribution in [3.63, 3.8) is 0 Å². The summed E-state index contributed by atoms with van der Waals surface area (Å²) >= 11 is 1.64. The number of unbranched alkanes of at least 4 members (excludes halogenated alkanes) is 7. The molecule has 18 nitrogen and oxygen atoms in total. The quantitative estimate of drug-likeness (QED) is 0.0384. The molecule has 0 radical (unpaired) electrons. The first-order chi connectivity index (χ1) is 35.1. The molecular weight excluding hydrogens is 943 g/mol. The van der Waals surface area contributed by atoms with Crippen molar-refractivity contribution in [2.45, 2.75) is 111 Å². The van der Waals surface area contributed by atoms with E-state index in [9.17, 15) is 24.3 Å². The first-order valence-electron chi connectivity index (χ1n) is 25.2. The maximum absolute atomic E-state index is 11.6. The van der Waals surface area contributed by atoms with Crippen molar-refractivity contribution in [2.24, 2.45) is 11.1 Å². The standard InChI is InChI=1S/C21H23N9.C12H12N2OS.C11H21NO2.C10H19NO2/c1-28-8-10-29(11-9-28)16-4-2-15(3-5-16)25-20-21-24-6-7-30(21)14-18(27-20)17-12-23-13-19(22)26-17;1-9-12(16-8-14-9)11-4-2-10(3-5-11)6-13-7-15;12-11(14)9-7-5-3-1-2-4-6-8-10-13;1-10(2,3)6-9(13)11-5-4-8(12)7-11/h2-7,12-14H,8-11H2,1H3,(H2,22,26)(H,25,27);2-5,7-8H,6H2,1H3,(H,13,15);10H,1-9H2,(H2,12,14);8,12H,4-7H2,1-3H3. The van der Waals surface area contributed by atoms with Gasteiger partial charge in [0.25, 0.3) is 0 Å². The molecule has 6 heterocycles. The number of fused-ring (bicyclic) bond motifs is 1. The number of primary amides is 1. The number of carbonyl (C=O) groups is 4. The second-order valence-corrected chi connectivity index (χ2v) is 20.4. The van der Waals surface area contributed by atoms with E-state index in [1.54, 1.807) is 28.6 Å². The predicted molar refractivity (Wildman–Crippen MR) is 291 cm³/mol. The van der Waals surface area contributed by atoms with Crippen LogP contribution in [0.4, 0.5) is 23.0 Å². The number of amides is 3. The molecule has 73 heavy (non-hydrogen) atoms. The Morgan fingerprint density at radius 2 is 1.58 bits per heavy atom. The summed E-state index contributed by atoms with van der Waals surface area (Å²) in [4.78, 5) is 71.7. The fourth-order valence-corrected chi connectivity index (χ4v) is 8.87. The largest absolute Gasteiger partial charge is 0.391 e. The average Bonchev–Trinajstić information content (AvgIpc) is 4.15. The highest BCUT2D eigenvalue weighted by Crippen LogP contribution is 2.28. The summed E-state index contributed by atoms with van der Waals surface area (Å²) in [5.41, 5.74) is 20.2. The number of hydrogen-bond donors (Lipinski definition) is 5. The molecule has 7 N–H and O–H groups in total. The van der Waals surface area contributed by atoms with Gasteiger partial charge in [-0.1, -0.05) is 77.1 Å². The second-order valence-electron chi connectivity index (χ2n) is 19.6. The normalized spacial score (nSPS) is 14.5. The molecule has 392 valence electrons. The molecule has 4 aromatic heterocycles. The van der Waals surface area contributed by atoms with Crippen molar-refractivity contribution >= 4 is 64.5 Å². The lowest BCUT2D eigenvalue weighted by Crippen LogP contribution is -2.44. The summed E-state index contributed by atoms with van der Waals surface area (Å²) in [6.07, 6.45) is 20.3. The van der Waals surface area contributed by atoms with Crippen LogP contribution in [0.3, 0.4) is 0 Å². The number of nitrogens with one attached hydrogen (secondary N) is 2. The van der Waals surface area contributed by atoms with Crippen LogP contribution in [-0.2, 0) is 25.7 Å².